The quantitative estimate of drug-likeness (QED) is 0.628. The molecular formula is C14H15N3O2. The van der Waals surface area contributed by atoms with E-state index in [9.17, 15) is 0 Å². The first kappa shape index (κ1) is 13.3. The van der Waals surface area contributed by atoms with E-state index in [4.69, 9.17) is 15.7 Å². The molecule has 0 aliphatic carbocycles. The number of terminal acetylenes is 1. The molecule has 1 N–H and O–H groups in total. The van der Waals surface area contributed by atoms with Gasteiger partial charge in [0.25, 0.3) is 0 Å². The third-order valence-corrected chi connectivity index (χ3v) is 2.56. The van der Waals surface area contributed by atoms with Crippen molar-refractivity contribution in [3.05, 3.63) is 47.6 Å². The Kier molecular flexibility index (Phi) is 4.67. The summed E-state index contributed by atoms with van der Waals surface area (Å²) >= 11 is 0. The van der Waals surface area contributed by atoms with Gasteiger partial charge in [-0.3, -0.25) is 5.32 Å². The molecule has 0 spiro atoms. The van der Waals surface area contributed by atoms with E-state index in [0.29, 0.717) is 24.8 Å². The number of ether oxygens (including phenoxy) is 1. The number of hydrogen-bond acceptors (Lipinski definition) is 5. The van der Waals surface area contributed by atoms with Gasteiger partial charge < -0.3 is 9.26 Å². The molecule has 0 aliphatic heterocycles. The second-order valence-electron chi connectivity index (χ2n) is 3.88. The first-order chi connectivity index (χ1) is 9.35. The Morgan fingerprint density at radius 3 is 2.89 bits per heavy atom. The Hall–Kier alpha value is -2.16. The van der Waals surface area contributed by atoms with E-state index in [1.54, 1.807) is 7.11 Å². The molecular weight excluding hydrogens is 242 g/mol. The molecule has 0 aliphatic rings. The van der Waals surface area contributed by atoms with Gasteiger partial charge in [0.15, 0.2) is 0 Å². The summed E-state index contributed by atoms with van der Waals surface area (Å²) in [7, 11) is 1.62. The molecule has 0 fully saturated rings. The fourth-order valence-electron chi connectivity index (χ4n) is 1.71. The standard InChI is InChI=1S/C14H15N3O2/c1-3-9-15-10-12-16-14(17-19-12)13(18-2)11-7-5-4-6-8-11/h1,4-8,13,15H,9-10H2,2H3. The molecule has 0 amide bonds. The molecule has 2 rings (SSSR count). The predicted molar refractivity (Wildman–Crippen MR) is 70.1 cm³/mol. The van der Waals surface area contributed by atoms with E-state index < -0.39 is 0 Å². The van der Waals surface area contributed by atoms with Gasteiger partial charge in [-0.05, 0) is 5.56 Å². The van der Waals surface area contributed by atoms with Gasteiger partial charge in [-0.2, -0.15) is 4.98 Å². The molecule has 1 heterocycles. The molecule has 1 unspecified atom stereocenters. The Morgan fingerprint density at radius 2 is 2.21 bits per heavy atom. The molecule has 5 heteroatoms. The van der Waals surface area contributed by atoms with Crippen LogP contribution < -0.4 is 5.32 Å². The summed E-state index contributed by atoms with van der Waals surface area (Å²) in [6, 6.07) is 9.75. The van der Waals surface area contributed by atoms with E-state index >= 15 is 0 Å². The highest BCUT2D eigenvalue weighted by atomic mass is 16.5. The monoisotopic (exact) mass is 257 g/mol. The Morgan fingerprint density at radius 1 is 1.42 bits per heavy atom. The molecule has 1 aromatic carbocycles. The van der Waals surface area contributed by atoms with Crippen LogP contribution in [-0.4, -0.2) is 23.8 Å². The van der Waals surface area contributed by atoms with Crippen molar-refractivity contribution in [3.8, 4) is 12.3 Å². The van der Waals surface area contributed by atoms with Crippen LogP contribution in [0.3, 0.4) is 0 Å². The zero-order valence-electron chi connectivity index (χ0n) is 10.7. The summed E-state index contributed by atoms with van der Waals surface area (Å²) in [5.41, 5.74) is 0.980. The molecule has 0 bridgehead atoms. The minimum atomic E-state index is -0.327. The second-order valence-corrected chi connectivity index (χ2v) is 3.88. The van der Waals surface area contributed by atoms with E-state index in [2.05, 4.69) is 21.4 Å². The van der Waals surface area contributed by atoms with Crippen LogP contribution in [0.4, 0.5) is 0 Å². The molecule has 0 saturated carbocycles. The van der Waals surface area contributed by atoms with E-state index in [0.717, 1.165) is 5.56 Å². The van der Waals surface area contributed by atoms with Crippen LogP contribution in [0, 0.1) is 12.3 Å². The van der Waals surface area contributed by atoms with Crippen molar-refractivity contribution in [2.45, 2.75) is 12.6 Å². The van der Waals surface area contributed by atoms with Gasteiger partial charge in [-0.1, -0.05) is 41.4 Å². The van der Waals surface area contributed by atoms with Crippen molar-refractivity contribution >= 4 is 0 Å². The molecule has 5 nitrogen and oxygen atoms in total. The van der Waals surface area contributed by atoms with Crippen LogP contribution in [0.25, 0.3) is 0 Å². The number of rotatable bonds is 6. The predicted octanol–water partition coefficient (Wildman–Crippen LogP) is 1.53. The van der Waals surface area contributed by atoms with Crippen molar-refractivity contribution in [1.82, 2.24) is 15.5 Å². The third-order valence-electron chi connectivity index (χ3n) is 2.56. The molecule has 1 aromatic heterocycles. The maximum absolute atomic E-state index is 5.42. The Balaban J connectivity index is 2.10. The second kappa shape index (κ2) is 6.69. The van der Waals surface area contributed by atoms with Crippen molar-refractivity contribution in [3.63, 3.8) is 0 Å². The fraction of sp³-hybridized carbons (Fsp3) is 0.286. The smallest absolute Gasteiger partial charge is 0.240 e. The fourth-order valence-corrected chi connectivity index (χ4v) is 1.71. The largest absolute Gasteiger partial charge is 0.369 e. The molecule has 2 aromatic rings. The van der Waals surface area contributed by atoms with Crippen LogP contribution in [0.2, 0.25) is 0 Å². The number of nitrogens with one attached hydrogen (secondary N) is 1. The first-order valence-electron chi connectivity index (χ1n) is 5.89. The SMILES string of the molecule is C#CCNCc1nc(C(OC)c2ccccc2)no1. The highest BCUT2D eigenvalue weighted by Gasteiger charge is 2.19. The highest BCUT2D eigenvalue weighted by molar-refractivity contribution is 5.22. The van der Waals surface area contributed by atoms with Gasteiger partial charge in [0, 0.05) is 7.11 Å². The summed E-state index contributed by atoms with van der Waals surface area (Å²) in [5, 5.41) is 6.93. The van der Waals surface area contributed by atoms with Gasteiger partial charge in [0.2, 0.25) is 11.7 Å². The van der Waals surface area contributed by atoms with E-state index in [1.807, 2.05) is 30.3 Å². The lowest BCUT2D eigenvalue weighted by Crippen LogP contribution is -2.13. The number of aromatic nitrogens is 2. The zero-order valence-corrected chi connectivity index (χ0v) is 10.7. The Labute approximate surface area is 112 Å². The minimum absolute atomic E-state index is 0.327. The van der Waals surface area contributed by atoms with Gasteiger partial charge in [0.1, 0.15) is 6.10 Å². The summed E-state index contributed by atoms with van der Waals surface area (Å²) in [4.78, 5) is 4.30. The van der Waals surface area contributed by atoms with Crippen molar-refractivity contribution < 1.29 is 9.26 Å². The number of nitrogens with zero attached hydrogens (tertiary/aromatic N) is 2. The minimum Gasteiger partial charge on any atom is -0.369 e. The number of benzene rings is 1. The first-order valence-corrected chi connectivity index (χ1v) is 5.89. The maximum Gasteiger partial charge on any atom is 0.240 e. The Bertz CT molecular complexity index is 545. The molecule has 0 radical (unpaired) electrons. The third kappa shape index (κ3) is 3.41. The lowest BCUT2D eigenvalue weighted by Gasteiger charge is -2.10. The van der Waals surface area contributed by atoms with Crippen molar-refractivity contribution in [2.24, 2.45) is 0 Å². The van der Waals surface area contributed by atoms with Gasteiger partial charge in [-0.25, -0.2) is 0 Å². The maximum atomic E-state index is 5.42. The molecule has 0 saturated heterocycles. The molecule has 98 valence electrons. The number of methoxy groups -OCH3 is 1. The van der Waals surface area contributed by atoms with E-state index in [1.165, 1.54) is 0 Å². The highest BCUT2D eigenvalue weighted by Crippen LogP contribution is 2.22. The normalized spacial score (nSPS) is 12.0. The zero-order chi connectivity index (χ0) is 13.5. The van der Waals surface area contributed by atoms with Crippen LogP contribution in [0.5, 0.6) is 0 Å². The number of hydrogen-bond donors (Lipinski definition) is 1. The van der Waals surface area contributed by atoms with Gasteiger partial charge in [-0.15, -0.1) is 6.42 Å². The summed E-state index contributed by atoms with van der Waals surface area (Å²) in [6.45, 7) is 0.909. The lowest BCUT2D eigenvalue weighted by molar-refractivity contribution is 0.126. The van der Waals surface area contributed by atoms with Gasteiger partial charge >= 0.3 is 0 Å². The summed E-state index contributed by atoms with van der Waals surface area (Å²) in [6.07, 6.45) is 4.82. The van der Waals surface area contributed by atoms with E-state index in [-0.39, 0.29) is 6.10 Å². The van der Waals surface area contributed by atoms with Crippen molar-refractivity contribution in [1.29, 1.82) is 0 Å². The van der Waals surface area contributed by atoms with Crippen LogP contribution in [-0.2, 0) is 11.3 Å². The van der Waals surface area contributed by atoms with Crippen LogP contribution in [0.1, 0.15) is 23.4 Å². The summed E-state index contributed by atoms with van der Waals surface area (Å²) < 4.78 is 10.6. The average molecular weight is 257 g/mol. The van der Waals surface area contributed by atoms with Crippen LogP contribution >= 0.6 is 0 Å². The van der Waals surface area contributed by atoms with Crippen LogP contribution in [0.15, 0.2) is 34.9 Å². The average Bonchev–Trinajstić information content (AvgIpc) is 2.90. The summed E-state index contributed by atoms with van der Waals surface area (Å²) in [5.74, 6) is 3.47. The molecule has 19 heavy (non-hydrogen) atoms. The molecule has 1 atom stereocenters. The van der Waals surface area contributed by atoms with Crippen molar-refractivity contribution in [2.75, 3.05) is 13.7 Å². The topological polar surface area (TPSA) is 60.2 Å². The lowest BCUT2D eigenvalue weighted by atomic mass is 10.1. The van der Waals surface area contributed by atoms with Gasteiger partial charge in [0.05, 0.1) is 13.1 Å².